The fourth-order valence-electron chi connectivity index (χ4n) is 3.07. The predicted molar refractivity (Wildman–Crippen MR) is 113 cm³/mol. The highest BCUT2D eigenvalue weighted by Crippen LogP contribution is 2.31. The van der Waals surface area contributed by atoms with Gasteiger partial charge in [-0.1, -0.05) is 24.3 Å². The molecule has 3 aromatic rings. The third kappa shape index (κ3) is 4.65. The quantitative estimate of drug-likeness (QED) is 0.591. The molecule has 0 spiro atoms. The van der Waals surface area contributed by atoms with Gasteiger partial charge in [-0.15, -0.1) is 0 Å². The lowest BCUT2D eigenvalue weighted by molar-refractivity contribution is -0.144. The summed E-state index contributed by atoms with van der Waals surface area (Å²) in [6.45, 7) is 0.0372. The van der Waals surface area contributed by atoms with E-state index in [0.717, 1.165) is 4.47 Å². The van der Waals surface area contributed by atoms with Gasteiger partial charge in [0.25, 0.3) is 5.91 Å². The first-order valence-corrected chi connectivity index (χ1v) is 10.1. The minimum atomic E-state index is -0.855. The molecule has 2 amide bonds. The summed E-state index contributed by atoms with van der Waals surface area (Å²) in [6, 6.07) is 17.9. The normalized spacial score (nSPS) is 14.8. The SMILES string of the molecule is O=C(CN(Cc1ccco1)C(=O)[C@@H]1COc2ccccc2O1)Nc1ccccc1Br. The molecule has 1 aliphatic rings. The number of halogens is 1. The van der Waals surface area contributed by atoms with Crippen LogP contribution in [0.4, 0.5) is 5.69 Å². The number of hydrogen-bond donors (Lipinski definition) is 1. The van der Waals surface area contributed by atoms with Gasteiger partial charge in [0.05, 0.1) is 18.5 Å². The standard InChI is InChI=1S/C22H19BrN2O5/c23-16-7-1-2-8-17(16)24-21(26)13-25(12-15-6-5-11-28-15)22(27)20-14-29-18-9-3-4-10-19(18)30-20/h1-11,20H,12-14H2,(H,24,26)/t20-/m0/s1. The average molecular weight is 471 g/mol. The van der Waals surface area contributed by atoms with Crippen molar-refractivity contribution in [1.29, 1.82) is 0 Å². The molecule has 154 valence electrons. The third-order valence-electron chi connectivity index (χ3n) is 4.50. The second kappa shape index (κ2) is 9.04. The number of hydrogen-bond acceptors (Lipinski definition) is 5. The molecule has 7 nitrogen and oxygen atoms in total. The van der Waals surface area contributed by atoms with E-state index >= 15 is 0 Å². The van der Waals surface area contributed by atoms with Crippen molar-refractivity contribution in [3.05, 3.63) is 77.2 Å². The Morgan fingerprint density at radius 3 is 2.57 bits per heavy atom. The Kier molecular flexibility index (Phi) is 6.04. The molecule has 8 heteroatoms. The van der Waals surface area contributed by atoms with Crippen LogP contribution in [0.3, 0.4) is 0 Å². The first kappa shape index (κ1) is 20.0. The summed E-state index contributed by atoms with van der Waals surface area (Å²) in [5.41, 5.74) is 0.624. The van der Waals surface area contributed by atoms with Crippen molar-refractivity contribution in [2.24, 2.45) is 0 Å². The van der Waals surface area contributed by atoms with Crippen LogP contribution < -0.4 is 14.8 Å². The lowest BCUT2D eigenvalue weighted by Gasteiger charge is -2.30. The summed E-state index contributed by atoms with van der Waals surface area (Å²) in [4.78, 5) is 27.2. The van der Waals surface area contributed by atoms with Crippen molar-refractivity contribution in [3.8, 4) is 11.5 Å². The van der Waals surface area contributed by atoms with Gasteiger partial charge < -0.3 is 24.1 Å². The van der Waals surface area contributed by atoms with Crippen LogP contribution in [0, 0.1) is 0 Å². The van der Waals surface area contributed by atoms with Gasteiger partial charge in [-0.2, -0.15) is 0 Å². The summed E-state index contributed by atoms with van der Waals surface area (Å²) in [6.07, 6.45) is 0.668. The zero-order valence-corrected chi connectivity index (χ0v) is 17.5. The van der Waals surface area contributed by atoms with Gasteiger partial charge >= 0.3 is 0 Å². The number of nitrogens with zero attached hydrogens (tertiary/aromatic N) is 1. The molecule has 30 heavy (non-hydrogen) atoms. The maximum atomic E-state index is 13.2. The summed E-state index contributed by atoms with van der Waals surface area (Å²) >= 11 is 3.40. The number of carbonyl (C=O) groups excluding carboxylic acids is 2. The largest absolute Gasteiger partial charge is 0.485 e. The lowest BCUT2D eigenvalue weighted by Crippen LogP contribution is -2.48. The minimum absolute atomic E-state index is 0.0658. The highest BCUT2D eigenvalue weighted by atomic mass is 79.9. The van der Waals surface area contributed by atoms with Crippen LogP contribution in [-0.2, 0) is 16.1 Å². The Balaban J connectivity index is 1.49. The Bertz CT molecular complexity index is 1040. The summed E-state index contributed by atoms with van der Waals surface area (Å²) in [7, 11) is 0. The highest BCUT2D eigenvalue weighted by Gasteiger charge is 2.32. The second-order valence-corrected chi connectivity index (χ2v) is 7.52. The lowest BCUT2D eigenvalue weighted by atomic mass is 10.2. The van der Waals surface area contributed by atoms with Crippen molar-refractivity contribution >= 4 is 33.4 Å². The first-order valence-electron chi connectivity index (χ1n) is 9.34. The van der Waals surface area contributed by atoms with Crippen molar-refractivity contribution in [3.63, 3.8) is 0 Å². The molecule has 2 heterocycles. The van der Waals surface area contributed by atoms with Crippen molar-refractivity contribution < 1.29 is 23.5 Å². The molecule has 0 fully saturated rings. The molecular formula is C22H19BrN2O5. The molecule has 1 aliphatic heterocycles. The first-order chi connectivity index (χ1) is 14.6. The van der Waals surface area contributed by atoms with E-state index in [-0.39, 0.29) is 31.5 Å². The highest BCUT2D eigenvalue weighted by molar-refractivity contribution is 9.10. The van der Waals surface area contributed by atoms with Crippen molar-refractivity contribution in [2.75, 3.05) is 18.5 Å². The average Bonchev–Trinajstić information content (AvgIpc) is 3.27. The molecule has 0 saturated carbocycles. The third-order valence-corrected chi connectivity index (χ3v) is 5.20. The Labute approximate surface area is 181 Å². The molecule has 0 bridgehead atoms. The van der Waals surface area contributed by atoms with Crippen LogP contribution in [0.15, 0.2) is 75.8 Å². The number of amides is 2. The van der Waals surface area contributed by atoms with E-state index in [2.05, 4.69) is 21.2 Å². The van der Waals surface area contributed by atoms with Gasteiger partial charge in [-0.05, 0) is 52.3 Å². The maximum absolute atomic E-state index is 13.2. The number of para-hydroxylation sites is 3. The van der Waals surface area contributed by atoms with Crippen molar-refractivity contribution in [2.45, 2.75) is 12.6 Å². The molecular weight excluding hydrogens is 452 g/mol. The van der Waals surface area contributed by atoms with E-state index in [4.69, 9.17) is 13.9 Å². The number of benzene rings is 2. The van der Waals surface area contributed by atoms with Gasteiger partial charge in [0, 0.05) is 4.47 Å². The monoisotopic (exact) mass is 470 g/mol. The predicted octanol–water partition coefficient (Wildman–Crippen LogP) is 3.85. The van der Waals surface area contributed by atoms with E-state index in [9.17, 15) is 9.59 Å². The molecule has 0 saturated heterocycles. The zero-order chi connectivity index (χ0) is 20.9. The smallest absolute Gasteiger partial charge is 0.268 e. The van der Waals surface area contributed by atoms with Gasteiger partial charge in [0.15, 0.2) is 11.5 Å². The number of ether oxygens (including phenoxy) is 2. The maximum Gasteiger partial charge on any atom is 0.268 e. The van der Waals surface area contributed by atoms with Gasteiger partial charge in [0.2, 0.25) is 12.0 Å². The molecule has 1 N–H and O–H groups in total. The van der Waals surface area contributed by atoms with E-state index < -0.39 is 6.10 Å². The van der Waals surface area contributed by atoms with Crippen LogP contribution in [0.5, 0.6) is 11.5 Å². The molecule has 4 rings (SSSR count). The van der Waals surface area contributed by atoms with E-state index in [1.807, 2.05) is 24.3 Å². The minimum Gasteiger partial charge on any atom is -0.485 e. The van der Waals surface area contributed by atoms with E-state index in [0.29, 0.717) is 22.9 Å². The van der Waals surface area contributed by atoms with Gasteiger partial charge in [-0.3, -0.25) is 9.59 Å². The fraction of sp³-hybridized carbons (Fsp3) is 0.182. The van der Waals surface area contributed by atoms with Gasteiger partial charge in [-0.25, -0.2) is 0 Å². The molecule has 0 radical (unpaired) electrons. The Morgan fingerprint density at radius 2 is 1.80 bits per heavy atom. The number of carbonyl (C=O) groups is 2. The number of nitrogens with one attached hydrogen (secondary N) is 1. The molecule has 2 aromatic carbocycles. The van der Waals surface area contributed by atoms with Crippen LogP contribution >= 0.6 is 15.9 Å². The molecule has 1 atom stereocenters. The topological polar surface area (TPSA) is 81.0 Å². The van der Waals surface area contributed by atoms with E-state index in [1.54, 1.807) is 36.4 Å². The molecule has 0 aliphatic carbocycles. The van der Waals surface area contributed by atoms with Crippen LogP contribution in [-0.4, -0.2) is 36.0 Å². The number of rotatable bonds is 6. The molecule has 0 unspecified atom stereocenters. The molecule has 1 aromatic heterocycles. The van der Waals surface area contributed by atoms with Crippen LogP contribution in [0.1, 0.15) is 5.76 Å². The second-order valence-electron chi connectivity index (χ2n) is 6.67. The van der Waals surface area contributed by atoms with Crippen molar-refractivity contribution in [1.82, 2.24) is 4.90 Å². The summed E-state index contributed by atoms with van der Waals surface area (Å²) in [5, 5.41) is 2.81. The zero-order valence-electron chi connectivity index (χ0n) is 15.9. The Hall–Kier alpha value is -3.26. The van der Waals surface area contributed by atoms with Crippen LogP contribution in [0.25, 0.3) is 0 Å². The Morgan fingerprint density at radius 1 is 1.03 bits per heavy atom. The number of furan rings is 1. The number of anilines is 1. The fourth-order valence-corrected chi connectivity index (χ4v) is 3.46. The summed E-state index contributed by atoms with van der Waals surface area (Å²) < 4.78 is 17.6. The summed E-state index contributed by atoms with van der Waals surface area (Å²) in [5.74, 6) is 0.958. The van der Waals surface area contributed by atoms with E-state index in [1.165, 1.54) is 11.2 Å². The van der Waals surface area contributed by atoms with Crippen LogP contribution in [0.2, 0.25) is 0 Å². The van der Waals surface area contributed by atoms with Gasteiger partial charge in [0.1, 0.15) is 18.9 Å². The number of fused-ring (bicyclic) bond motifs is 1.